The molecule has 1 fully saturated rings. The van der Waals surface area contributed by atoms with Gasteiger partial charge in [0.2, 0.25) is 5.82 Å². The predicted octanol–water partition coefficient (Wildman–Crippen LogP) is 1.02. The van der Waals surface area contributed by atoms with Crippen LogP contribution in [-0.2, 0) is 53.4 Å². The van der Waals surface area contributed by atoms with Crippen molar-refractivity contribution in [3.05, 3.63) is 11.6 Å². The molecule has 23 heteroatoms. The van der Waals surface area contributed by atoms with Crippen LogP contribution >= 0.6 is 23.1 Å². The molecule has 19 nitrogen and oxygen atoms in total. The molecule has 2 aliphatic rings. The van der Waals surface area contributed by atoms with Crippen molar-refractivity contribution in [1.29, 1.82) is 0 Å². The van der Waals surface area contributed by atoms with Crippen molar-refractivity contribution in [2.24, 2.45) is 0 Å². The van der Waals surface area contributed by atoms with Crippen LogP contribution in [0, 0.1) is 0 Å². The SMILES string of the molecule is CCN[C@H]1CN(CCCOC)S(=O)(=O)c2sc(S(=O)(=O)NC(=O)[C@H](C)OC(=O)CCC(=O)O[C@@H](CNC(C)(C)C)COc3nsnc3N3CCOCC3)cc21. The van der Waals surface area contributed by atoms with E-state index in [1.54, 1.807) is 0 Å². The Morgan fingerprint density at radius 1 is 1.11 bits per heavy atom. The summed E-state index contributed by atoms with van der Waals surface area (Å²) in [6.45, 7) is 12.5. The number of hydrogen-bond donors (Lipinski definition) is 3. The molecule has 1 saturated heterocycles. The molecule has 4 rings (SSSR count). The Hall–Kier alpha value is -3.03. The van der Waals surface area contributed by atoms with Gasteiger partial charge in [0, 0.05) is 63.6 Å². The summed E-state index contributed by atoms with van der Waals surface area (Å²) in [6, 6.07) is 0.760. The van der Waals surface area contributed by atoms with Crippen molar-refractivity contribution in [1.82, 2.24) is 28.4 Å². The molecule has 1 amide bonds. The third kappa shape index (κ3) is 12.7. The fraction of sp³-hybridized carbons (Fsp3) is 0.719. The maximum absolute atomic E-state index is 13.4. The number of sulfonamides is 2. The van der Waals surface area contributed by atoms with Crippen LogP contribution in [0.1, 0.15) is 65.5 Å². The molecule has 0 bridgehead atoms. The topological polar surface area (TPSA) is 234 Å². The molecular weight excluding hydrogens is 803 g/mol. The van der Waals surface area contributed by atoms with Gasteiger partial charge >= 0.3 is 11.9 Å². The lowest BCUT2D eigenvalue weighted by atomic mass is 10.1. The Kier molecular flexibility index (Phi) is 16.2. The lowest BCUT2D eigenvalue weighted by Gasteiger charge is -2.32. The van der Waals surface area contributed by atoms with Crippen molar-refractivity contribution in [3.63, 3.8) is 0 Å². The molecular formula is C32H51N7O12S4. The molecule has 2 aliphatic heterocycles. The number of aromatic nitrogens is 2. The number of hydrogen-bond acceptors (Lipinski definition) is 19. The van der Waals surface area contributed by atoms with Crippen LogP contribution in [0.15, 0.2) is 14.5 Å². The van der Waals surface area contributed by atoms with Crippen LogP contribution in [0.3, 0.4) is 0 Å². The zero-order valence-corrected chi connectivity index (χ0v) is 35.1. The van der Waals surface area contributed by atoms with Crippen molar-refractivity contribution < 1.29 is 54.9 Å². The van der Waals surface area contributed by atoms with E-state index in [1.165, 1.54) is 24.4 Å². The van der Waals surface area contributed by atoms with E-state index in [9.17, 15) is 31.2 Å². The third-order valence-corrected chi connectivity index (χ3v) is 14.1. The molecule has 0 saturated carbocycles. The number of esters is 2. The first kappa shape index (κ1) is 44.7. The van der Waals surface area contributed by atoms with E-state index < -0.39 is 62.6 Å². The lowest BCUT2D eigenvalue weighted by Crippen LogP contribution is -2.44. The van der Waals surface area contributed by atoms with Crippen molar-refractivity contribution in [2.45, 2.75) is 86.1 Å². The summed E-state index contributed by atoms with van der Waals surface area (Å²) in [5.74, 6) is -1.94. The molecule has 0 aromatic carbocycles. The van der Waals surface area contributed by atoms with Gasteiger partial charge in [0.05, 0.1) is 37.8 Å². The minimum Gasteiger partial charge on any atom is -0.470 e. The number of rotatable bonds is 20. The Morgan fingerprint density at radius 2 is 1.80 bits per heavy atom. The second-order valence-electron chi connectivity index (χ2n) is 13.8. The number of thiophene rings is 1. The molecule has 2 aromatic heterocycles. The molecule has 3 atom stereocenters. The van der Waals surface area contributed by atoms with Crippen LogP contribution in [-0.4, -0.2) is 138 Å². The van der Waals surface area contributed by atoms with E-state index in [1.807, 2.05) is 37.3 Å². The largest absolute Gasteiger partial charge is 0.470 e. The normalized spacial score (nSPS) is 18.6. The van der Waals surface area contributed by atoms with E-state index in [-0.39, 0.29) is 52.2 Å². The van der Waals surface area contributed by atoms with Crippen LogP contribution in [0.2, 0.25) is 0 Å². The summed E-state index contributed by atoms with van der Waals surface area (Å²) in [6.07, 6.45) is -2.72. The average molecular weight is 854 g/mol. The maximum atomic E-state index is 13.4. The summed E-state index contributed by atoms with van der Waals surface area (Å²) in [5.41, 5.74) is -0.0183. The second-order valence-corrected chi connectivity index (χ2v) is 19.4. The van der Waals surface area contributed by atoms with Crippen LogP contribution in [0.4, 0.5) is 5.82 Å². The van der Waals surface area contributed by atoms with Gasteiger partial charge in [0.1, 0.15) is 21.1 Å². The second kappa shape index (κ2) is 19.9. The van der Waals surface area contributed by atoms with Crippen molar-refractivity contribution >= 4 is 66.8 Å². The molecule has 2 aromatic rings. The number of amides is 1. The number of fused-ring (bicyclic) bond motifs is 1. The summed E-state index contributed by atoms with van der Waals surface area (Å²) >= 11 is 1.53. The summed E-state index contributed by atoms with van der Waals surface area (Å²) in [4.78, 5) is 40.3. The number of ether oxygens (including phenoxy) is 5. The molecule has 4 heterocycles. The van der Waals surface area contributed by atoms with E-state index in [4.69, 9.17) is 23.7 Å². The maximum Gasteiger partial charge on any atom is 0.307 e. The molecule has 3 N–H and O–H groups in total. The number of carbonyl (C=O) groups is 3. The molecule has 0 aliphatic carbocycles. The highest BCUT2D eigenvalue weighted by molar-refractivity contribution is 7.94. The fourth-order valence-electron chi connectivity index (χ4n) is 5.46. The van der Waals surface area contributed by atoms with Gasteiger partial charge in [-0.25, -0.2) is 21.6 Å². The van der Waals surface area contributed by atoms with Gasteiger partial charge < -0.3 is 39.2 Å². The van der Waals surface area contributed by atoms with Gasteiger partial charge in [0.15, 0.2) is 6.10 Å². The first-order valence-electron chi connectivity index (χ1n) is 17.8. The highest BCUT2D eigenvalue weighted by Gasteiger charge is 2.40. The molecule has 0 radical (unpaired) electrons. The molecule has 310 valence electrons. The third-order valence-electron chi connectivity index (χ3n) is 8.27. The summed E-state index contributed by atoms with van der Waals surface area (Å²) in [7, 11) is -7.06. The predicted molar refractivity (Wildman–Crippen MR) is 202 cm³/mol. The van der Waals surface area contributed by atoms with Crippen LogP contribution in [0.5, 0.6) is 5.88 Å². The molecule has 0 unspecified atom stereocenters. The first-order chi connectivity index (χ1) is 25.9. The smallest absolute Gasteiger partial charge is 0.307 e. The van der Waals surface area contributed by atoms with Gasteiger partial charge in [-0.15, -0.1) is 15.7 Å². The lowest BCUT2D eigenvalue weighted by molar-refractivity contribution is -0.158. The Morgan fingerprint density at radius 3 is 2.45 bits per heavy atom. The number of morpholine rings is 1. The first-order valence-corrected chi connectivity index (χ1v) is 22.3. The monoisotopic (exact) mass is 853 g/mol. The summed E-state index contributed by atoms with van der Waals surface area (Å²) in [5, 5.41) is 6.45. The fourth-order valence-corrected chi connectivity index (χ4v) is 10.9. The number of nitrogens with one attached hydrogen (secondary N) is 3. The van der Waals surface area contributed by atoms with Crippen LogP contribution in [0.25, 0.3) is 0 Å². The number of methoxy groups -OCH3 is 1. The van der Waals surface area contributed by atoms with Gasteiger partial charge in [-0.2, -0.15) is 8.68 Å². The standard InChI is InChI=1S/C32H51N7O12S4/c1-7-33-24-19-39(11-8-14-47-6)55(45,46)31-23(24)17-27(52-31)54(43,44)37-29(42)21(2)50-25(40)9-10-26(41)51-22(18-34-32(3,4)5)20-49-30-28(35-53-36-30)38-12-15-48-16-13-38/h17,21-22,24,33-34H,7-16,18-20H2,1-6H3,(H,37,42)/t21-,22-,24-/m0/s1. The highest BCUT2D eigenvalue weighted by Crippen LogP contribution is 2.40. The minimum atomic E-state index is -4.56. The Balaban J connectivity index is 1.31. The minimum absolute atomic E-state index is 0.0464. The van der Waals surface area contributed by atoms with Gasteiger partial charge in [-0.1, -0.05) is 6.92 Å². The van der Waals surface area contributed by atoms with Crippen molar-refractivity contribution in [2.75, 3.05) is 77.7 Å². The van der Waals surface area contributed by atoms with Gasteiger partial charge in [-0.3, -0.25) is 14.4 Å². The van der Waals surface area contributed by atoms with E-state index in [0.29, 0.717) is 68.9 Å². The van der Waals surface area contributed by atoms with Gasteiger partial charge in [0.25, 0.3) is 31.8 Å². The van der Waals surface area contributed by atoms with E-state index in [0.717, 1.165) is 11.7 Å². The molecule has 0 spiro atoms. The Bertz CT molecular complexity index is 1820. The zero-order valence-electron chi connectivity index (χ0n) is 31.8. The Labute approximate surface area is 330 Å². The summed E-state index contributed by atoms with van der Waals surface area (Å²) < 4.78 is 91.7. The van der Waals surface area contributed by atoms with E-state index >= 15 is 0 Å². The number of carbonyl (C=O) groups excluding carboxylic acids is 3. The van der Waals surface area contributed by atoms with Crippen LogP contribution < -0.4 is 25.0 Å². The van der Waals surface area contributed by atoms with E-state index in [2.05, 4.69) is 19.4 Å². The zero-order chi connectivity index (χ0) is 40.4. The average Bonchev–Trinajstić information content (AvgIpc) is 3.80. The highest BCUT2D eigenvalue weighted by atomic mass is 32.3. The number of nitrogens with zero attached hydrogens (tertiary/aromatic N) is 4. The molecule has 55 heavy (non-hydrogen) atoms. The quantitative estimate of drug-likeness (QED) is 0.125. The van der Waals surface area contributed by atoms with Gasteiger partial charge in [-0.05, 0) is 46.7 Å². The number of anilines is 1. The van der Waals surface area contributed by atoms with Crippen molar-refractivity contribution in [3.8, 4) is 5.88 Å². The number of likely N-dealkylation sites (N-methyl/N-ethyl adjacent to an activating group) is 1.